The molecule has 1 N–H and O–H groups in total. The smallest absolute Gasteiger partial charge is 0.339 e. The number of aliphatic hydroxyl groups excluding tert-OH is 1. The topological polar surface area (TPSA) is 108 Å². The van der Waals surface area contributed by atoms with Crippen molar-refractivity contribution in [3.05, 3.63) is 108 Å². The molecule has 0 aromatic heterocycles. The Morgan fingerprint density at radius 3 is 1.49 bits per heavy atom. The molecule has 8 nitrogen and oxygen atoms in total. The van der Waals surface area contributed by atoms with Gasteiger partial charge in [0.15, 0.2) is 12.2 Å². The molecule has 1 fully saturated rings. The largest absolute Gasteiger partial charge is 0.452 e. The van der Waals surface area contributed by atoms with Gasteiger partial charge in [-0.1, -0.05) is 54.6 Å². The lowest BCUT2D eigenvalue weighted by atomic mass is 10.1. The zero-order valence-corrected chi connectivity index (χ0v) is 19.2. The fourth-order valence-corrected chi connectivity index (χ4v) is 4.24. The third-order valence-electron chi connectivity index (χ3n) is 5.15. The van der Waals surface area contributed by atoms with Gasteiger partial charge in [-0.3, -0.25) is 0 Å². The van der Waals surface area contributed by atoms with Gasteiger partial charge in [0.1, 0.15) is 6.10 Å². The predicted molar refractivity (Wildman–Crippen MR) is 126 cm³/mol. The Kier molecular flexibility index (Phi) is 8.15. The number of ether oxygens (including phenoxy) is 3. The molecule has 0 saturated carbocycles. The van der Waals surface area contributed by atoms with Crippen LogP contribution in [0.2, 0.25) is 0 Å². The molecule has 0 bridgehead atoms. The molecule has 1 aliphatic rings. The summed E-state index contributed by atoms with van der Waals surface area (Å²) in [5, 5.41) is 9.88. The van der Waals surface area contributed by atoms with Crippen molar-refractivity contribution in [3.8, 4) is 0 Å². The van der Waals surface area contributed by atoms with Crippen LogP contribution < -0.4 is 0 Å². The van der Waals surface area contributed by atoms with E-state index in [-0.39, 0.29) is 16.7 Å². The minimum Gasteiger partial charge on any atom is -0.452 e. The van der Waals surface area contributed by atoms with Crippen LogP contribution in [-0.4, -0.2) is 53.4 Å². The van der Waals surface area contributed by atoms with Crippen LogP contribution in [0.4, 0.5) is 0 Å². The maximum atomic E-state index is 12.9. The van der Waals surface area contributed by atoms with Gasteiger partial charge in [-0.15, -0.1) is 0 Å². The Hall–Kier alpha value is -3.66. The molecule has 1 heterocycles. The fraction of sp³-hybridized carbons (Fsp3) is 0.192. The second-order valence-electron chi connectivity index (χ2n) is 7.53. The average molecular weight is 495 g/mol. The summed E-state index contributed by atoms with van der Waals surface area (Å²) in [7, 11) is 0. The molecule has 1 saturated heterocycles. The van der Waals surface area contributed by atoms with Crippen molar-refractivity contribution < 1.29 is 37.9 Å². The number of benzene rings is 3. The SMILES string of the molecule is O=C(O[C@H]1[C@H](OC(=O)c2ccccc2)[C@@H](OC(=O)c2ccccc2)SO[C@@H]1CO)c1ccccc1. The maximum Gasteiger partial charge on any atom is 0.339 e. The van der Waals surface area contributed by atoms with Crippen LogP contribution in [0.1, 0.15) is 31.1 Å². The first-order valence-corrected chi connectivity index (χ1v) is 11.6. The molecule has 3 aromatic carbocycles. The second kappa shape index (κ2) is 11.7. The van der Waals surface area contributed by atoms with Crippen LogP contribution in [-0.2, 0) is 18.4 Å². The molecule has 0 unspecified atom stereocenters. The molecular weight excluding hydrogens is 472 g/mol. The van der Waals surface area contributed by atoms with Gasteiger partial charge >= 0.3 is 17.9 Å². The highest BCUT2D eigenvalue weighted by Crippen LogP contribution is 2.35. The number of carbonyl (C=O) groups excluding carboxylic acids is 3. The maximum absolute atomic E-state index is 12.9. The van der Waals surface area contributed by atoms with Crippen LogP contribution >= 0.6 is 12.0 Å². The average Bonchev–Trinajstić information content (AvgIpc) is 2.91. The van der Waals surface area contributed by atoms with E-state index in [9.17, 15) is 19.5 Å². The van der Waals surface area contributed by atoms with Gasteiger partial charge in [0.25, 0.3) is 0 Å². The lowest BCUT2D eigenvalue weighted by Crippen LogP contribution is -2.54. The van der Waals surface area contributed by atoms with Crippen molar-refractivity contribution in [2.45, 2.75) is 23.7 Å². The van der Waals surface area contributed by atoms with Gasteiger partial charge < -0.3 is 23.5 Å². The number of esters is 3. The van der Waals surface area contributed by atoms with E-state index in [2.05, 4.69) is 0 Å². The Balaban J connectivity index is 1.62. The van der Waals surface area contributed by atoms with Gasteiger partial charge in [0.2, 0.25) is 5.44 Å². The second-order valence-corrected chi connectivity index (χ2v) is 8.37. The Morgan fingerprint density at radius 2 is 1.06 bits per heavy atom. The molecule has 3 aromatic rings. The van der Waals surface area contributed by atoms with Gasteiger partial charge in [0, 0.05) is 12.0 Å². The highest BCUT2D eigenvalue weighted by atomic mass is 32.2. The van der Waals surface area contributed by atoms with Crippen molar-refractivity contribution >= 4 is 30.0 Å². The van der Waals surface area contributed by atoms with Gasteiger partial charge in [-0.2, -0.15) is 0 Å². The zero-order chi connectivity index (χ0) is 24.6. The van der Waals surface area contributed by atoms with E-state index in [0.717, 1.165) is 12.0 Å². The van der Waals surface area contributed by atoms with Gasteiger partial charge in [0.05, 0.1) is 23.3 Å². The minimum atomic E-state index is -1.26. The van der Waals surface area contributed by atoms with Crippen LogP contribution in [0.5, 0.6) is 0 Å². The molecule has 1 aliphatic heterocycles. The van der Waals surface area contributed by atoms with E-state index in [4.69, 9.17) is 18.4 Å². The van der Waals surface area contributed by atoms with E-state index >= 15 is 0 Å². The number of hydrogen-bond donors (Lipinski definition) is 1. The first kappa shape index (κ1) is 24.5. The summed E-state index contributed by atoms with van der Waals surface area (Å²) in [5.41, 5.74) is -0.380. The van der Waals surface area contributed by atoms with E-state index in [1.54, 1.807) is 91.0 Å². The molecule has 0 radical (unpaired) electrons. The van der Waals surface area contributed by atoms with Crippen molar-refractivity contribution in [1.82, 2.24) is 0 Å². The van der Waals surface area contributed by atoms with E-state index < -0.39 is 48.3 Å². The molecule has 9 heteroatoms. The molecule has 180 valence electrons. The summed E-state index contributed by atoms with van der Waals surface area (Å²) in [6.45, 7) is -0.529. The van der Waals surface area contributed by atoms with Gasteiger partial charge in [-0.05, 0) is 36.4 Å². The summed E-state index contributed by atoms with van der Waals surface area (Å²) < 4.78 is 22.5. The Morgan fingerprint density at radius 1 is 0.657 bits per heavy atom. The van der Waals surface area contributed by atoms with Crippen molar-refractivity contribution in [2.75, 3.05) is 6.61 Å². The summed E-state index contributed by atoms with van der Waals surface area (Å²) in [5.74, 6) is -2.10. The summed E-state index contributed by atoms with van der Waals surface area (Å²) in [4.78, 5) is 38.4. The lowest BCUT2D eigenvalue weighted by Gasteiger charge is -2.39. The third kappa shape index (κ3) is 6.07. The molecule has 0 spiro atoms. The van der Waals surface area contributed by atoms with Crippen LogP contribution in [0.25, 0.3) is 0 Å². The monoisotopic (exact) mass is 494 g/mol. The number of rotatable bonds is 7. The summed E-state index contributed by atoms with van der Waals surface area (Å²) in [6, 6.07) is 24.7. The summed E-state index contributed by atoms with van der Waals surface area (Å²) >= 11 is 0.719. The number of hydrogen-bond acceptors (Lipinski definition) is 9. The normalized spacial score (nSPS) is 21.5. The first-order chi connectivity index (χ1) is 17.1. The number of aliphatic hydroxyl groups is 1. The molecule has 4 rings (SSSR count). The molecule has 0 aliphatic carbocycles. The molecular formula is C26H22O8S. The summed E-state index contributed by atoms with van der Waals surface area (Å²) in [6.07, 6.45) is -3.55. The highest BCUT2D eigenvalue weighted by Gasteiger charge is 2.48. The van der Waals surface area contributed by atoms with Crippen molar-refractivity contribution in [3.63, 3.8) is 0 Å². The molecule has 35 heavy (non-hydrogen) atoms. The quantitative estimate of drug-likeness (QED) is 0.299. The Labute approximate surface area is 206 Å². The number of carbonyl (C=O) groups is 3. The highest BCUT2D eigenvalue weighted by molar-refractivity contribution is 7.95. The van der Waals surface area contributed by atoms with E-state index in [1.165, 1.54) is 0 Å². The van der Waals surface area contributed by atoms with E-state index in [1.807, 2.05) is 0 Å². The van der Waals surface area contributed by atoms with Crippen LogP contribution in [0, 0.1) is 0 Å². The predicted octanol–water partition coefficient (Wildman–Crippen LogP) is 3.66. The third-order valence-corrected chi connectivity index (χ3v) is 6.06. The van der Waals surface area contributed by atoms with E-state index in [0.29, 0.717) is 0 Å². The Bertz CT molecular complexity index is 1140. The minimum absolute atomic E-state index is 0.255. The van der Waals surface area contributed by atoms with Crippen LogP contribution in [0.15, 0.2) is 91.0 Å². The fourth-order valence-electron chi connectivity index (χ4n) is 3.37. The first-order valence-electron chi connectivity index (χ1n) is 10.8. The molecule has 0 amide bonds. The lowest BCUT2D eigenvalue weighted by molar-refractivity contribution is -0.117. The van der Waals surface area contributed by atoms with Crippen LogP contribution in [0.3, 0.4) is 0 Å². The standard InChI is InChI=1S/C26H22O8S/c27-16-20-21(31-23(28)17-10-4-1-5-11-17)22(32-24(29)18-12-6-2-7-13-18)26(35-34-20)33-25(30)19-14-8-3-9-15-19/h1-15,20-22,26-27H,16H2/t20-,21-,22+,26+/m1/s1. The van der Waals surface area contributed by atoms with Gasteiger partial charge in [-0.25, -0.2) is 14.4 Å². The van der Waals surface area contributed by atoms with Crippen molar-refractivity contribution in [1.29, 1.82) is 0 Å². The molecule has 4 atom stereocenters. The zero-order valence-electron chi connectivity index (χ0n) is 18.4. The van der Waals surface area contributed by atoms with Crippen molar-refractivity contribution in [2.24, 2.45) is 0 Å².